The number of non-ortho nitro benzene ring substituents is 1. The Morgan fingerprint density at radius 1 is 0.967 bits per heavy atom. The Morgan fingerprint density at radius 3 is 2.31 bits per heavy atom. The van der Waals surface area contributed by atoms with Crippen molar-refractivity contribution in [2.45, 2.75) is 69.0 Å². The maximum atomic E-state index is 14.0. The topological polar surface area (TPSA) is 291 Å². The first-order chi connectivity index (χ1) is 29.0. The zero-order valence-electron chi connectivity index (χ0n) is 32.4. The molecule has 19 heteroatoms. The number of aliphatic hydroxyl groups excluding tert-OH is 2. The molecule has 61 heavy (non-hydrogen) atoms. The zero-order chi connectivity index (χ0) is 43.9. The zero-order valence-corrected chi connectivity index (χ0v) is 32.4. The molecule has 1 aliphatic heterocycles. The third-order valence-electron chi connectivity index (χ3n) is 11.0. The number of nitrogens with zero attached hydrogens (tertiary/aromatic N) is 1. The summed E-state index contributed by atoms with van der Waals surface area (Å²) >= 11 is 0. The van der Waals surface area contributed by atoms with Crippen molar-refractivity contribution < 1.29 is 73.4 Å². The van der Waals surface area contributed by atoms with Gasteiger partial charge in [-0.3, -0.25) is 34.6 Å². The molecule has 6 atom stereocenters. The van der Waals surface area contributed by atoms with Gasteiger partial charge in [-0.05, 0) is 55.0 Å². The molecule has 0 spiro atoms. The van der Waals surface area contributed by atoms with Gasteiger partial charge in [-0.2, -0.15) is 0 Å². The maximum Gasteiger partial charge on any atom is 0.411 e. The van der Waals surface area contributed by atoms with Gasteiger partial charge in [0.05, 0.1) is 47.0 Å². The van der Waals surface area contributed by atoms with Crippen LogP contribution in [-0.4, -0.2) is 104 Å². The molecule has 3 aliphatic rings. The Hall–Kier alpha value is -6.77. The smallest absolute Gasteiger partial charge is 0.411 e. The first-order valence-electron chi connectivity index (χ1n) is 18.9. The lowest BCUT2D eigenvalue weighted by Gasteiger charge is -2.43. The Kier molecular flexibility index (Phi) is 11.6. The summed E-state index contributed by atoms with van der Waals surface area (Å²) < 4.78 is 22.6. The molecule has 1 heterocycles. The fourth-order valence-corrected chi connectivity index (χ4v) is 7.83. The van der Waals surface area contributed by atoms with Gasteiger partial charge in [0.2, 0.25) is 5.78 Å². The molecule has 4 aromatic carbocycles. The lowest BCUT2D eigenvalue weighted by Crippen LogP contribution is -2.55. The van der Waals surface area contributed by atoms with Crippen LogP contribution in [0.5, 0.6) is 17.2 Å². The molecule has 0 saturated carbocycles. The third kappa shape index (κ3) is 7.99. The van der Waals surface area contributed by atoms with E-state index in [1.807, 2.05) is 0 Å². The molecule has 7 rings (SSSR count). The van der Waals surface area contributed by atoms with Crippen LogP contribution < -0.4 is 15.4 Å². The van der Waals surface area contributed by atoms with Crippen LogP contribution in [0.1, 0.15) is 84.8 Å². The first-order valence-corrected chi connectivity index (χ1v) is 18.9. The van der Waals surface area contributed by atoms with Crippen LogP contribution in [0.4, 0.5) is 16.2 Å². The average molecular weight is 842 g/mol. The van der Waals surface area contributed by atoms with Crippen molar-refractivity contribution in [3.05, 3.63) is 121 Å². The highest BCUT2D eigenvalue weighted by atomic mass is 16.7. The normalized spacial score (nSPS) is 22.9. The number of aromatic hydroxyl groups is 2. The number of nitro benzene ring substituents is 1. The summed E-state index contributed by atoms with van der Waals surface area (Å²) in [4.78, 5) is 76.8. The number of anilines is 1. The van der Waals surface area contributed by atoms with Gasteiger partial charge in [0.25, 0.3) is 11.6 Å². The number of phenolic OH excluding ortho intramolecular Hbond substituents is 2. The van der Waals surface area contributed by atoms with Crippen LogP contribution in [0.3, 0.4) is 0 Å². The van der Waals surface area contributed by atoms with E-state index >= 15 is 0 Å². The van der Waals surface area contributed by atoms with Crippen LogP contribution >= 0.6 is 0 Å². The fraction of sp³-hybridized carbons (Fsp3) is 0.310. The number of benzene rings is 4. The van der Waals surface area contributed by atoms with Crippen molar-refractivity contribution in [3.8, 4) is 17.2 Å². The number of nitrogens with one attached hydrogen (secondary N) is 2. The minimum absolute atomic E-state index is 0.0381. The number of phenols is 2. The van der Waals surface area contributed by atoms with Crippen molar-refractivity contribution in [2.24, 2.45) is 0 Å². The number of carbonyl (C=O) groups is 5. The summed E-state index contributed by atoms with van der Waals surface area (Å²) in [6.45, 7) is 0.228. The van der Waals surface area contributed by atoms with Gasteiger partial charge in [0, 0.05) is 59.3 Å². The summed E-state index contributed by atoms with van der Waals surface area (Å²) in [6.07, 6.45) is -7.42. The summed E-state index contributed by atoms with van der Waals surface area (Å²) in [6, 6.07) is 14.4. The monoisotopic (exact) mass is 841 g/mol. The molecule has 1 fully saturated rings. The van der Waals surface area contributed by atoms with Crippen molar-refractivity contribution in [3.63, 3.8) is 0 Å². The van der Waals surface area contributed by atoms with Crippen LogP contribution in [0.2, 0.25) is 0 Å². The maximum absolute atomic E-state index is 14.0. The number of methoxy groups -OCH3 is 1. The molecule has 0 aromatic heterocycles. The van der Waals surface area contributed by atoms with E-state index in [2.05, 4.69) is 10.6 Å². The highest BCUT2D eigenvalue weighted by molar-refractivity contribution is 6.31. The van der Waals surface area contributed by atoms with E-state index in [1.165, 1.54) is 80.8 Å². The number of ketones is 3. The second-order valence-electron chi connectivity index (χ2n) is 14.8. The van der Waals surface area contributed by atoms with Gasteiger partial charge >= 0.3 is 6.09 Å². The van der Waals surface area contributed by atoms with Gasteiger partial charge in [-0.1, -0.05) is 12.1 Å². The number of fused-ring (bicyclic) bond motifs is 3. The largest absolute Gasteiger partial charge is 0.507 e. The Balaban J connectivity index is 1.08. The molecule has 2 aliphatic carbocycles. The number of aliphatic hydroxyl groups is 3. The fourth-order valence-electron chi connectivity index (χ4n) is 7.83. The second kappa shape index (κ2) is 16.7. The predicted molar refractivity (Wildman–Crippen MR) is 208 cm³/mol. The van der Waals surface area contributed by atoms with Crippen LogP contribution in [0, 0.1) is 10.1 Å². The highest BCUT2D eigenvalue weighted by Crippen LogP contribution is 2.52. The lowest BCUT2D eigenvalue weighted by atomic mass is 9.72. The first kappa shape index (κ1) is 42.4. The third-order valence-corrected chi connectivity index (χ3v) is 11.0. The molecule has 7 N–H and O–H groups in total. The van der Waals surface area contributed by atoms with E-state index in [-0.39, 0.29) is 58.0 Å². The lowest BCUT2D eigenvalue weighted by molar-refractivity contribution is -0.384. The van der Waals surface area contributed by atoms with Gasteiger partial charge in [0.1, 0.15) is 42.2 Å². The van der Waals surface area contributed by atoms with Gasteiger partial charge in [-0.25, -0.2) is 4.79 Å². The predicted octanol–water partition coefficient (Wildman–Crippen LogP) is 3.13. The Labute approximate surface area is 345 Å². The van der Waals surface area contributed by atoms with Crippen LogP contribution in [0.25, 0.3) is 0 Å². The number of Topliss-reactive ketones (excluding diaryl/α,β-unsaturated/α-hetero) is 1. The number of rotatable bonds is 11. The van der Waals surface area contributed by atoms with Crippen LogP contribution in [-0.2, 0) is 32.0 Å². The van der Waals surface area contributed by atoms with Crippen molar-refractivity contribution in [2.75, 3.05) is 19.0 Å². The van der Waals surface area contributed by atoms with Gasteiger partial charge in [0.15, 0.2) is 17.9 Å². The summed E-state index contributed by atoms with van der Waals surface area (Å²) in [5, 5.41) is 71.9. The standard InChI is InChI=1S/C42H39N3O16/c1-19-35(48)26(44-40(53)21-8-10-22(11-9-21)43-41(54)59-18-20-6-12-23(13-7-20)45(56)57)14-30(60-19)61-28-16-42(55,29(47)17-46)15-25-32(28)39(52)34-33(37(25)50)36(49)24-4-3-5-27(58-2)31(24)38(34)51/h3-13,19,26,28,30,35,46,48,50,52,55H,14-18H2,1-2H3,(H,43,54)(H,44,53)/t19-,26?,28-,30-,35+,42-/m0/s1. The molecular formula is C42H39N3O16. The number of hydrogen-bond acceptors (Lipinski definition) is 16. The molecule has 2 amide bonds. The van der Waals surface area contributed by atoms with Crippen molar-refractivity contribution in [1.29, 1.82) is 0 Å². The average Bonchev–Trinajstić information content (AvgIpc) is 3.24. The number of carbonyl (C=O) groups excluding carboxylic acids is 5. The van der Waals surface area contributed by atoms with E-state index in [1.54, 1.807) is 0 Å². The Bertz CT molecular complexity index is 2450. The van der Waals surface area contributed by atoms with Crippen molar-refractivity contribution >= 4 is 40.7 Å². The molecule has 19 nitrogen and oxygen atoms in total. The molecule has 1 saturated heterocycles. The van der Waals surface area contributed by atoms with E-state index < -0.39 is 113 Å². The molecule has 4 aromatic rings. The molecule has 318 valence electrons. The quantitative estimate of drug-likeness (QED) is 0.0571. The van der Waals surface area contributed by atoms with Crippen molar-refractivity contribution in [1.82, 2.24) is 5.32 Å². The highest BCUT2D eigenvalue weighted by Gasteiger charge is 2.50. The number of hydrogen-bond donors (Lipinski definition) is 7. The van der Waals surface area contributed by atoms with Gasteiger partial charge in [-0.15, -0.1) is 0 Å². The van der Waals surface area contributed by atoms with Gasteiger partial charge < -0.3 is 49.8 Å². The SMILES string of the molecule is COc1cccc2c1C(=O)c1c(O)c3c(c(O)c1C2=O)C[C@@](O)(C(=O)CO)C[C@@H]3O[C@H]1CC(NC(=O)c2ccc(NC(=O)OCc3ccc([N+](=O)[O-])cc3)cc2)[C@H](O)[C@H](C)O1. The number of nitro groups is 1. The van der Waals surface area contributed by atoms with E-state index in [0.717, 1.165) is 0 Å². The van der Waals surface area contributed by atoms with E-state index in [9.17, 15) is 59.6 Å². The molecule has 1 unspecified atom stereocenters. The molecule has 0 bridgehead atoms. The minimum atomic E-state index is -2.38. The summed E-state index contributed by atoms with van der Waals surface area (Å²) in [5.74, 6) is -4.88. The Morgan fingerprint density at radius 2 is 1.66 bits per heavy atom. The summed E-state index contributed by atoms with van der Waals surface area (Å²) in [5.41, 5.74) is -3.45. The van der Waals surface area contributed by atoms with E-state index in [4.69, 9.17) is 18.9 Å². The molecule has 0 radical (unpaired) electrons. The number of amides is 2. The number of ether oxygens (including phenoxy) is 4. The summed E-state index contributed by atoms with van der Waals surface area (Å²) in [7, 11) is 1.29. The van der Waals surface area contributed by atoms with Crippen LogP contribution in [0.15, 0.2) is 66.7 Å². The minimum Gasteiger partial charge on any atom is -0.507 e. The second-order valence-corrected chi connectivity index (χ2v) is 14.8. The van der Waals surface area contributed by atoms with E-state index in [0.29, 0.717) is 5.56 Å². The molecular weight excluding hydrogens is 802 g/mol.